The first kappa shape index (κ1) is 16.6. The van der Waals surface area contributed by atoms with Crippen molar-refractivity contribution >= 4 is 39.1 Å². The minimum Gasteiger partial charge on any atom is -0.399 e. The third-order valence-corrected chi connectivity index (χ3v) is 5.14. The number of nitrogens with two attached hydrogens (primary N) is 1. The third kappa shape index (κ3) is 4.85. The van der Waals surface area contributed by atoms with Crippen LogP contribution in [-0.4, -0.2) is 37.7 Å². The van der Waals surface area contributed by atoms with Crippen LogP contribution in [0.5, 0.6) is 0 Å². The summed E-state index contributed by atoms with van der Waals surface area (Å²) < 4.78 is 26.5. The number of thioether (sulfide) groups is 1. The minimum atomic E-state index is -3.77. The van der Waals surface area contributed by atoms with E-state index in [1.807, 2.05) is 6.26 Å². The lowest BCUT2D eigenvalue weighted by Crippen LogP contribution is -2.42. The maximum Gasteiger partial charge on any atom is 0.242 e. The van der Waals surface area contributed by atoms with Crippen molar-refractivity contribution in [2.24, 2.45) is 0 Å². The number of anilines is 1. The van der Waals surface area contributed by atoms with Crippen LogP contribution in [0.25, 0.3) is 0 Å². The summed E-state index contributed by atoms with van der Waals surface area (Å²) in [7, 11) is -3.77. The predicted molar refractivity (Wildman–Crippen MR) is 80.1 cm³/mol. The lowest BCUT2D eigenvalue weighted by molar-refractivity contribution is 0.0908. The van der Waals surface area contributed by atoms with Gasteiger partial charge < -0.3 is 10.8 Å². The quantitative estimate of drug-likeness (QED) is 0.686. The maximum atomic E-state index is 12.1. The Balaban J connectivity index is 2.87. The first-order valence-electron chi connectivity index (χ1n) is 5.44. The second kappa shape index (κ2) is 6.32. The Morgan fingerprint density at radius 1 is 1.53 bits per heavy atom. The third-order valence-electron chi connectivity index (χ3n) is 2.34. The summed E-state index contributed by atoms with van der Waals surface area (Å²) in [5, 5.41) is 9.99. The van der Waals surface area contributed by atoms with Gasteiger partial charge in [0.1, 0.15) is 4.90 Å². The Labute approximate surface area is 122 Å². The number of sulfonamides is 1. The second-order valence-corrected chi connectivity index (χ2v) is 7.45. The van der Waals surface area contributed by atoms with E-state index in [4.69, 9.17) is 17.3 Å². The van der Waals surface area contributed by atoms with Crippen LogP contribution in [0.4, 0.5) is 5.69 Å². The van der Waals surface area contributed by atoms with E-state index < -0.39 is 15.6 Å². The molecule has 1 aromatic carbocycles. The fourth-order valence-corrected chi connectivity index (χ4v) is 3.86. The lowest BCUT2D eigenvalue weighted by Gasteiger charge is -2.22. The molecule has 1 rings (SSSR count). The normalized spacial score (nSPS) is 15.2. The number of nitrogen functional groups attached to an aromatic ring is 1. The lowest BCUT2D eigenvalue weighted by atomic mass is 10.1. The number of halogens is 1. The average Bonchev–Trinajstić information content (AvgIpc) is 2.26. The number of hydrogen-bond donors (Lipinski definition) is 3. The van der Waals surface area contributed by atoms with Crippen molar-refractivity contribution < 1.29 is 13.5 Å². The number of nitrogens with one attached hydrogen (secondary N) is 1. The van der Waals surface area contributed by atoms with Crippen LogP contribution in [0.2, 0.25) is 5.02 Å². The zero-order valence-corrected chi connectivity index (χ0v) is 13.1. The smallest absolute Gasteiger partial charge is 0.242 e. The van der Waals surface area contributed by atoms with Gasteiger partial charge in [-0.2, -0.15) is 11.8 Å². The molecule has 0 heterocycles. The molecule has 0 aliphatic rings. The van der Waals surface area contributed by atoms with Gasteiger partial charge in [0.05, 0.1) is 10.6 Å². The average molecular weight is 325 g/mol. The SMILES string of the molecule is CSCC(C)(O)CNS(=O)(=O)c1ccc(N)cc1Cl. The van der Waals surface area contributed by atoms with Gasteiger partial charge in [-0.3, -0.25) is 0 Å². The summed E-state index contributed by atoms with van der Waals surface area (Å²) in [6, 6.07) is 4.17. The van der Waals surface area contributed by atoms with E-state index in [9.17, 15) is 13.5 Å². The number of aliphatic hydroxyl groups is 1. The summed E-state index contributed by atoms with van der Waals surface area (Å²) in [5.74, 6) is 0.422. The van der Waals surface area contributed by atoms with Crippen molar-refractivity contribution in [3.63, 3.8) is 0 Å². The molecule has 0 aliphatic carbocycles. The largest absolute Gasteiger partial charge is 0.399 e. The van der Waals surface area contributed by atoms with E-state index in [2.05, 4.69) is 4.72 Å². The molecule has 0 spiro atoms. The topological polar surface area (TPSA) is 92.4 Å². The highest BCUT2D eigenvalue weighted by molar-refractivity contribution is 7.98. The zero-order chi connectivity index (χ0) is 14.7. The van der Waals surface area contributed by atoms with Gasteiger partial charge in [-0.25, -0.2) is 13.1 Å². The molecule has 19 heavy (non-hydrogen) atoms. The molecule has 8 heteroatoms. The van der Waals surface area contributed by atoms with Crippen LogP contribution in [0.15, 0.2) is 23.1 Å². The molecule has 0 saturated heterocycles. The molecule has 0 saturated carbocycles. The van der Waals surface area contributed by atoms with Crippen molar-refractivity contribution in [1.29, 1.82) is 0 Å². The van der Waals surface area contributed by atoms with E-state index in [1.165, 1.54) is 30.0 Å². The Kier molecular flexibility index (Phi) is 5.52. The fraction of sp³-hybridized carbons (Fsp3) is 0.455. The van der Waals surface area contributed by atoms with Crippen molar-refractivity contribution in [1.82, 2.24) is 4.72 Å². The van der Waals surface area contributed by atoms with Crippen molar-refractivity contribution in [3.05, 3.63) is 23.2 Å². The van der Waals surface area contributed by atoms with E-state index >= 15 is 0 Å². The predicted octanol–water partition coefficient (Wildman–Crippen LogP) is 1.31. The number of hydrogen-bond acceptors (Lipinski definition) is 5. The van der Waals surface area contributed by atoms with E-state index in [-0.39, 0.29) is 16.5 Å². The molecular formula is C11H17ClN2O3S2. The van der Waals surface area contributed by atoms with E-state index in [0.717, 1.165) is 0 Å². The molecule has 1 atom stereocenters. The molecule has 108 valence electrons. The van der Waals surface area contributed by atoms with Crippen LogP contribution in [0.3, 0.4) is 0 Å². The van der Waals surface area contributed by atoms with Gasteiger partial charge >= 0.3 is 0 Å². The molecule has 0 aliphatic heterocycles. The fourth-order valence-electron chi connectivity index (χ4n) is 1.43. The van der Waals surface area contributed by atoms with Gasteiger partial charge in [0, 0.05) is 18.0 Å². The molecule has 0 radical (unpaired) electrons. The van der Waals surface area contributed by atoms with E-state index in [1.54, 1.807) is 6.92 Å². The molecule has 0 aromatic heterocycles. The standard InChI is InChI=1S/C11H17ClN2O3S2/c1-11(15,7-18-2)6-14-19(16,17)10-4-3-8(13)5-9(10)12/h3-5,14-15H,6-7,13H2,1-2H3. The Morgan fingerprint density at radius 2 is 2.16 bits per heavy atom. The van der Waals surface area contributed by atoms with Crippen LogP contribution in [-0.2, 0) is 10.0 Å². The molecule has 0 bridgehead atoms. The first-order chi connectivity index (χ1) is 8.68. The highest BCUT2D eigenvalue weighted by Crippen LogP contribution is 2.23. The van der Waals surface area contributed by atoms with Gasteiger partial charge in [0.15, 0.2) is 0 Å². The summed E-state index contributed by atoms with van der Waals surface area (Å²) in [6.45, 7) is 1.48. The van der Waals surface area contributed by atoms with Crippen LogP contribution >= 0.6 is 23.4 Å². The summed E-state index contributed by atoms with van der Waals surface area (Å²) in [5.41, 5.74) is 4.78. The highest BCUT2D eigenvalue weighted by atomic mass is 35.5. The molecule has 1 aromatic rings. The summed E-state index contributed by atoms with van der Waals surface area (Å²) >= 11 is 7.29. The summed E-state index contributed by atoms with van der Waals surface area (Å²) in [6.07, 6.45) is 1.83. The van der Waals surface area contributed by atoms with Crippen LogP contribution < -0.4 is 10.5 Å². The monoisotopic (exact) mass is 324 g/mol. The minimum absolute atomic E-state index is 0.0525. The van der Waals surface area contributed by atoms with Gasteiger partial charge in [-0.1, -0.05) is 11.6 Å². The molecule has 1 unspecified atom stereocenters. The maximum absolute atomic E-state index is 12.1. The van der Waals surface area contributed by atoms with Crippen molar-refractivity contribution in [3.8, 4) is 0 Å². The number of rotatable bonds is 6. The van der Waals surface area contributed by atoms with Crippen LogP contribution in [0, 0.1) is 0 Å². The highest BCUT2D eigenvalue weighted by Gasteiger charge is 2.25. The van der Waals surface area contributed by atoms with Gasteiger partial charge in [-0.15, -0.1) is 0 Å². The second-order valence-electron chi connectivity index (χ2n) is 4.44. The molecule has 0 amide bonds. The van der Waals surface area contributed by atoms with Crippen molar-refractivity contribution in [2.45, 2.75) is 17.4 Å². The van der Waals surface area contributed by atoms with Gasteiger partial charge in [-0.05, 0) is 31.4 Å². The zero-order valence-electron chi connectivity index (χ0n) is 10.7. The van der Waals surface area contributed by atoms with E-state index in [0.29, 0.717) is 11.4 Å². The summed E-state index contributed by atoms with van der Waals surface area (Å²) in [4.78, 5) is -0.0525. The Bertz CT molecular complexity index is 547. The molecule has 5 nitrogen and oxygen atoms in total. The van der Waals surface area contributed by atoms with Crippen molar-refractivity contribution in [2.75, 3.05) is 24.3 Å². The first-order valence-corrected chi connectivity index (χ1v) is 8.69. The number of benzene rings is 1. The Hall–Kier alpha value is -0.470. The molecule has 0 fully saturated rings. The Morgan fingerprint density at radius 3 is 2.68 bits per heavy atom. The van der Waals surface area contributed by atoms with Crippen LogP contribution in [0.1, 0.15) is 6.92 Å². The molecular weight excluding hydrogens is 308 g/mol. The van der Waals surface area contributed by atoms with Gasteiger partial charge in [0.2, 0.25) is 10.0 Å². The van der Waals surface area contributed by atoms with Gasteiger partial charge in [0.25, 0.3) is 0 Å². The molecule has 4 N–H and O–H groups in total.